The first-order valence-corrected chi connectivity index (χ1v) is 16.4. The molecule has 0 bridgehead atoms. The molecule has 0 spiro atoms. The van der Waals surface area contributed by atoms with Crippen LogP contribution in [0.5, 0.6) is 0 Å². The lowest BCUT2D eigenvalue weighted by atomic mass is 10.2. The van der Waals surface area contributed by atoms with E-state index in [1.165, 1.54) is 14.1 Å². The monoisotopic (exact) mass is 482 g/mol. The van der Waals surface area contributed by atoms with E-state index in [0.29, 0.717) is 6.61 Å². The summed E-state index contributed by atoms with van der Waals surface area (Å²) in [7, 11) is -2.54. The summed E-state index contributed by atoms with van der Waals surface area (Å²) in [5.74, 6) is 0. The molecule has 0 N–H and O–H groups in total. The van der Waals surface area contributed by atoms with Crippen molar-refractivity contribution < 1.29 is 4.43 Å². The molecule has 0 amide bonds. The maximum atomic E-state index is 6.96. The van der Waals surface area contributed by atoms with Crippen molar-refractivity contribution >= 4 is 65.1 Å². The average Bonchev–Trinajstić information content (AvgIpc) is 2.70. The van der Waals surface area contributed by atoms with Gasteiger partial charge >= 0.3 is 18.2 Å². The molecule has 0 unspecified atom stereocenters. The molecular weight excluding hydrogens is 460 g/mol. The molecule has 28 heavy (non-hydrogen) atoms. The van der Waals surface area contributed by atoms with Gasteiger partial charge < -0.3 is 4.43 Å². The van der Waals surface area contributed by atoms with Gasteiger partial charge in [0.05, 0.1) is 6.61 Å². The van der Waals surface area contributed by atoms with Gasteiger partial charge in [-0.05, 0) is 21.0 Å². The third kappa shape index (κ3) is 4.58. The summed E-state index contributed by atoms with van der Waals surface area (Å²) >= 11 is 9.81. The third-order valence-electron chi connectivity index (χ3n) is 5.13. The molecule has 0 atom stereocenters. The zero-order valence-corrected chi connectivity index (χ0v) is 21.3. The zero-order valence-electron chi connectivity index (χ0n) is 16.6. The van der Waals surface area contributed by atoms with E-state index in [1.807, 2.05) is 0 Å². The van der Waals surface area contributed by atoms with Crippen LogP contribution in [0.25, 0.3) is 0 Å². The van der Waals surface area contributed by atoms with Crippen LogP contribution in [0.2, 0.25) is 10.1 Å². The van der Waals surface area contributed by atoms with Crippen LogP contribution >= 0.6 is 24.5 Å². The van der Waals surface area contributed by atoms with Crippen LogP contribution < -0.4 is 14.1 Å². The second-order valence-electron chi connectivity index (χ2n) is 8.01. The fourth-order valence-electron chi connectivity index (χ4n) is 3.74. The molecule has 3 rings (SSSR count). The molecule has 0 aliphatic heterocycles. The van der Waals surface area contributed by atoms with Crippen LogP contribution in [0.15, 0.2) is 78.9 Å². The van der Waals surface area contributed by atoms with E-state index in [1.54, 1.807) is 0 Å². The van der Waals surface area contributed by atoms with E-state index in [0.717, 1.165) is 10.6 Å². The Bertz CT molecular complexity index is 873. The Labute approximate surface area is 190 Å². The molecule has 0 heterocycles. The Morgan fingerprint density at radius 1 is 0.893 bits per heavy atom. The van der Waals surface area contributed by atoms with Crippen molar-refractivity contribution in [1.29, 1.82) is 0 Å². The minimum Gasteiger partial charge on any atom is -0.403 e. The van der Waals surface area contributed by atoms with Crippen LogP contribution in [0.1, 0.15) is 26.3 Å². The summed E-state index contributed by atoms with van der Waals surface area (Å²) in [5.41, 5.74) is 1.05. The van der Waals surface area contributed by atoms with Gasteiger partial charge in [-0.1, -0.05) is 111 Å². The second kappa shape index (κ2) is 9.46. The van der Waals surface area contributed by atoms with Gasteiger partial charge in [0.25, 0.3) is 8.32 Å². The average molecular weight is 484 g/mol. The van der Waals surface area contributed by atoms with Crippen molar-refractivity contribution in [3.05, 3.63) is 89.4 Å². The maximum Gasteiger partial charge on any atom is 0.506 e. The fraction of sp³-hybridized carbons (Fsp3) is 0.217. The van der Waals surface area contributed by atoms with Crippen LogP contribution in [0, 0.1) is 0 Å². The van der Waals surface area contributed by atoms with Crippen molar-refractivity contribution in [2.75, 3.05) is 0 Å². The molecule has 0 radical (unpaired) electrons. The highest BCUT2D eigenvalue weighted by Crippen LogP contribution is 2.37. The minimum absolute atomic E-state index is 0.0368. The summed E-state index contributed by atoms with van der Waals surface area (Å²) in [5, 5.41) is 3.33. The van der Waals surface area contributed by atoms with Crippen molar-refractivity contribution in [3.63, 3.8) is 0 Å². The molecule has 0 aliphatic carbocycles. The van der Waals surface area contributed by atoms with E-state index in [4.69, 9.17) is 16.0 Å². The second-order valence-corrected chi connectivity index (χ2v) is 15.5. The smallest absolute Gasteiger partial charge is 0.403 e. The molecule has 1 nitrogen and oxygen atoms in total. The molecular formula is C23H24BrClMgOSi. The summed E-state index contributed by atoms with van der Waals surface area (Å²) in [6.07, 6.45) is 0. The molecule has 142 valence electrons. The maximum absolute atomic E-state index is 6.96. The summed E-state index contributed by atoms with van der Waals surface area (Å²) < 4.78 is 8.27. The first kappa shape index (κ1) is 22.1. The number of rotatable bonds is 6. The topological polar surface area (TPSA) is 9.23 Å². The molecule has 0 saturated carbocycles. The number of hydrogen-bond donors (Lipinski definition) is 0. The van der Waals surface area contributed by atoms with Crippen LogP contribution in [0.4, 0.5) is 0 Å². The van der Waals surface area contributed by atoms with Crippen LogP contribution in [0.3, 0.4) is 0 Å². The Hall–Kier alpha value is -0.627. The molecule has 0 aliphatic rings. The Kier molecular flexibility index (Phi) is 7.45. The first-order chi connectivity index (χ1) is 13.4. The number of benzene rings is 3. The normalized spacial score (nSPS) is 11.9. The van der Waals surface area contributed by atoms with E-state index in [9.17, 15) is 0 Å². The first-order valence-electron chi connectivity index (χ1n) is 9.47. The quantitative estimate of drug-likeness (QED) is 0.445. The number of halogens is 2. The molecule has 5 heteroatoms. The van der Waals surface area contributed by atoms with Crippen molar-refractivity contribution in [1.82, 2.24) is 0 Å². The van der Waals surface area contributed by atoms with E-state index < -0.39 is 26.5 Å². The third-order valence-corrected chi connectivity index (χ3v) is 13.2. The van der Waals surface area contributed by atoms with Crippen molar-refractivity contribution in [2.45, 2.75) is 32.4 Å². The van der Waals surface area contributed by atoms with Gasteiger partial charge in [0.2, 0.25) is 0 Å². The van der Waals surface area contributed by atoms with E-state index >= 15 is 0 Å². The summed E-state index contributed by atoms with van der Waals surface area (Å²) in [6, 6.07) is 27.8. The van der Waals surface area contributed by atoms with Crippen molar-refractivity contribution in [3.8, 4) is 0 Å². The predicted octanol–water partition coefficient (Wildman–Crippen LogP) is 5.06. The Morgan fingerprint density at radius 2 is 1.43 bits per heavy atom. The van der Waals surface area contributed by atoms with Gasteiger partial charge in [0.15, 0.2) is 0 Å². The van der Waals surface area contributed by atoms with Gasteiger partial charge in [-0.2, -0.15) is 3.69 Å². The minimum atomic E-state index is -2.54. The van der Waals surface area contributed by atoms with Crippen molar-refractivity contribution in [2.24, 2.45) is 0 Å². The van der Waals surface area contributed by atoms with Crippen LogP contribution in [-0.2, 0) is 11.0 Å². The highest BCUT2D eigenvalue weighted by molar-refractivity contribution is 9.23. The van der Waals surface area contributed by atoms with Gasteiger partial charge in [-0.3, -0.25) is 12.9 Å². The van der Waals surface area contributed by atoms with Gasteiger partial charge in [-0.25, -0.2) is 0 Å². The highest BCUT2D eigenvalue weighted by Gasteiger charge is 2.50. The van der Waals surface area contributed by atoms with E-state index in [2.05, 4.69) is 113 Å². The SMILES string of the molecule is CC(C)(C)[Si](OCc1cc[c]([Mg][Br])cc1Cl)(c1ccccc1)c1ccccc1. The molecule has 0 fully saturated rings. The predicted molar refractivity (Wildman–Crippen MR) is 128 cm³/mol. The standard InChI is InChI=1S/C23H24ClOSi.BrH.Mg/c1-23(2,3)26(20-13-6-4-7-14-20,21-15-8-5-9-16-21)25-18-19-12-10-11-17-22(19)24;;/h4-10,12-17H,18H2,1-3H3;1H;/q;;+1/p-1. The molecule has 3 aromatic carbocycles. The number of hydrogen-bond acceptors (Lipinski definition) is 1. The van der Waals surface area contributed by atoms with Crippen LogP contribution in [-0.4, -0.2) is 26.5 Å². The lowest BCUT2D eigenvalue weighted by Crippen LogP contribution is -2.66. The van der Waals surface area contributed by atoms with Gasteiger partial charge in [0.1, 0.15) is 0 Å². The Morgan fingerprint density at radius 3 is 1.86 bits per heavy atom. The highest BCUT2D eigenvalue weighted by atomic mass is 79.9. The summed E-state index contributed by atoms with van der Waals surface area (Å²) in [6.45, 7) is 7.39. The Balaban J connectivity index is 2.09. The van der Waals surface area contributed by atoms with Gasteiger partial charge in [-0.15, -0.1) is 0 Å². The largest absolute Gasteiger partial charge is 0.506 e. The zero-order chi connectivity index (χ0) is 20.2. The molecule has 3 aromatic rings. The van der Waals surface area contributed by atoms with Gasteiger partial charge in [0, 0.05) is 5.02 Å². The summed E-state index contributed by atoms with van der Waals surface area (Å²) in [4.78, 5) is 0. The molecule has 0 aromatic heterocycles. The lowest BCUT2D eigenvalue weighted by molar-refractivity contribution is 0.286. The fourth-order valence-corrected chi connectivity index (χ4v) is 10.2. The molecule has 0 saturated heterocycles. The lowest BCUT2D eigenvalue weighted by Gasteiger charge is -2.43. The van der Waals surface area contributed by atoms with E-state index in [-0.39, 0.29) is 5.04 Å².